The normalized spacial score (nSPS) is 11.7. The fraction of sp³-hybridized carbons (Fsp3) is 0.444. The molecule has 0 bridgehead atoms. The van der Waals surface area contributed by atoms with E-state index < -0.39 is 11.4 Å². The van der Waals surface area contributed by atoms with Crippen molar-refractivity contribution in [3.05, 3.63) is 34.0 Å². The number of hydrogen-bond donors (Lipinski definition) is 1. The third kappa shape index (κ3) is 1.72. The SMILES string of the molecule is CC(C)(C)c1ccc(F)c(=O)[nH]1. The van der Waals surface area contributed by atoms with Crippen LogP contribution in [0.4, 0.5) is 4.39 Å². The summed E-state index contributed by atoms with van der Waals surface area (Å²) in [6, 6.07) is 2.79. The zero-order valence-corrected chi connectivity index (χ0v) is 7.44. The molecule has 0 aromatic carbocycles. The second kappa shape index (κ2) is 2.73. The van der Waals surface area contributed by atoms with Gasteiger partial charge >= 0.3 is 0 Å². The van der Waals surface area contributed by atoms with E-state index in [9.17, 15) is 9.18 Å². The van der Waals surface area contributed by atoms with Crippen LogP contribution in [0.25, 0.3) is 0 Å². The first-order valence-corrected chi connectivity index (χ1v) is 3.80. The van der Waals surface area contributed by atoms with Crippen LogP contribution in [0.3, 0.4) is 0 Å². The number of rotatable bonds is 0. The van der Waals surface area contributed by atoms with Gasteiger partial charge < -0.3 is 4.98 Å². The highest BCUT2D eigenvalue weighted by atomic mass is 19.1. The van der Waals surface area contributed by atoms with Crippen LogP contribution in [-0.2, 0) is 5.41 Å². The van der Waals surface area contributed by atoms with Gasteiger partial charge in [-0.2, -0.15) is 0 Å². The maximum atomic E-state index is 12.5. The van der Waals surface area contributed by atoms with Crippen LogP contribution in [-0.4, -0.2) is 4.98 Å². The molecule has 0 aliphatic carbocycles. The minimum Gasteiger partial charge on any atom is -0.323 e. The van der Waals surface area contributed by atoms with E-state index in [2.05, 4.69) is 4.98 Å². The first-order chi connectivity index (χ1) is 5.41. The Morgan fingerprint density at radius 1 is 1.33 bits per heavy atom. The van der Waals surface area contributed by atoms with Crippen molar-refractivity contribution in [2.45, 2.75) is 26.2 Å². The number of hydrogen-bond acceptors (Lipinski definition) is 1. The van der Waals surface area contributed by atoms with Crippen LogP contribution < -0.4 is 5.56 Å². The summed E-state index contributed by atoms with van der Waals surface area (Å²) in [6.07, 6.45) is 0. The highest BCUT2D eigenvalue weighted by Crippen LogP contribution is 2.17. The second-order valence-corrected chi connectivity index (χ2v) is 3.80. The van der Waals surface area contributed by atoms with E-state index in [4.69, 9.17) is 0 Å². The number of aromatic nitrogens is 1. The lowest BCUT2D eigenvalue weighted by Crippen LogP contribution is -2.20. The number of pyridine rings is 1. The van der Waals surface area contributed by atoms with E-state index in [1.165, 1.54) is 6.07 Å². The fourth-order valence-corrected chi connectivity index (χ4v) is 0.893. The monoisotopic (exact) mass is 169 g/mol. The molecule has 12 heavy (non-hydrogen) atoms. The summed E-state index contributed by atoms with van der Waals surface area (Å²) in [5.41, 5.74) is -0.0522. The standard InChI is InChI=1S/C9H12FNO/c1-9(2,3)7-5-4-6(10)8(12)11-7/h4-5H,1-3H3,(H,11,12). The van der Waals surface area contributed by atoms with Gasteiger partial charge in [0.1, 0.15) is 0 Å². The summed E-state index contributed by atoms with van der Waals surface area (Å²) < 4.78 is 12.5. The van der Waals surface area contributed by atoms with Gasteiger partial charge in [0.15, 0.2) is 5.82 Å². The largest absolute Gasteiger partial charge is 0.323 e. The molecule has 0 atom stereocenters. The highest BCUT2D eigenvalue weighted by Gasteiger charge is 2.14. The van der Waals surface area contributed by atoms with Crippen molar-refractivity contribution in [3.8, 4) is 0 Å². The van der Waals surface area contributed by atoms with Crippen LogP contribution in [0.2, 0.25) is 0 Å². The molecule has 0 spiro atoms. The lowest BCUT2D eigenvalue weighted by atomic mass is 9.92. The Morgan fingerprint density at radius 3 is 2.33 bits per heavy atom. The Labute approximate surface area is 70.4 Å². The molecule has 0 aliphatic heterocycles. The van der Waals surface area contributed by atoms with E-state index in [0.29, 0.717) is 0 Å². The van der Waals surface area contributed by atoms with Crippen molar-refractivity contribution < 1.29 is 4.39 Å². The maximum absolute atomic E-state index is 12.5. The molecule has 1 aromatic rings. The summed E-state index contributed by atoms with van der Waals surface area (Å²) in [5, 5.41) is 0. The van der Waals surface area contributed by atoms with Gasteiger partial charge in [0, 0.05) is 11.1 Å². The quantitative estimate of drug-likeness (QED) is 0.631. The van der Waals surface area contributed by atoms with Gasteiger partial charge in [0.25, 0.3) is 5.56 Å². The Kier molecular flexibility index (Phi) is 2.04. The molecule has 0 unspecified atom stereocenters. The van der Waals surface area contributed by atoms with Gasteiger partial charge in [-0.25, -0.2) is 4.39 Å². The molecule has 1 aromatic heterocycles. The molecule has 66 valence electrons. The Balaban J connectivity index is 3.23. The zero-order valence-electron chi connectivity index (χ0n) is 7.44. The van der Waals surface area contributed by atoms with E-state index in [-0.39, 0.29) is 5.41 Å². The van der Waals surface area contributed by atoms with Gasteiger partial charge in [-0.3, -0.25) is 4.79 Å². The predicted molar refractivity (Wildman–Crippen MR) is 45.7 cm³/mol. The number of aromatic amines is 1. The molecule has 3 heteroatoms. The highest BCUT2D eigenvalue weighted by molar-refractivity contribution is 5.13. The Bertz CT molecular complexity index is 335. The van der Waals surface area contributed by atoms with E-state index in [0.717, 1.165) is 5.69 Å². The van der Waals surface area contributed by atoms with Gasteiger partial charge in [-0.15, -0.1) is 0 Å². The number of nitrogens with one attached hydrogen (secondary N) is 1. The molecule has 0 aliphatic rings. The van der Waals surface area contributed by atoms with Gasteiger partial charge in [-0.1, -0.05) is 20.8 Å². The average Bonchev–Trinajstić information content (AvgIpc) is 1.92. The lowest BCUT2D eigenvalue weighted by Gasteiger charge is -2.17. The molecular formula is C9H12FNO. The van der Waals surface area contributed by atoms with Crippen LogP contribution in [0.5, 0.6) is 0 Å². The summed E-state index contributed by atoms with van der Waals surface area (Å²) >= 11 is 0. The fourth-order valence-electron chi connectivity index (χ4n) is 0.893. The van der Waals surface area contributed by atoms with Crippen molar-refractivity contribution in [2.24, 2.45) is 0 Å². The van der Waals surface area contributed by atoms with Crippen molar-refractivity contribution in [2.75, 3.05) is 0 Å². The van der Waals surface area contributed by atoms with E-state index in [1.54, 1.807) is 6.07 Å². The zero-order chi connectivity index (χ0) is 9.35. The van der Waals surface area contributed by atoms with Crippen molar-refractivity contribution in [1.29, 1.82) is 0 Å². The molecule has 2 nitrogen and oxygen atoms in total. The molecule has 1 rings (SSSR count). The molecule has 0 amide bonds. The molecular weight excluding hydrogens is 157 g/mol. The van der Waals surface area contributed by atoms with Crippen molar-refractivity contribution >= 4 is 0 Å². The smallest absolute Gasteiger partial charge is 0.284 e. The molecule has 1 heterocycles. The van der Waals surface area contributed by atoms with E-state index in [1.807, 2.05) is 20.8 Å². The van der Waals surface area contributed by atoms with Crippen LogP contribution in [0, 0.1) is 5.82 Å². The first kappa shape index (κ1) is 8.97. The van der Waals surface area contributed by atoms with E-state index >= 15 is 0 Å². The minimum absolute atomic E-state index is 0.146. The Hall–Kier alpha value is -1.12. The third-order valence-electron chi connectivity index (χ3n) is 1.67. The summed E-state index contributed by atoms with van der Waals surface area (Å²) in [6.45, 7) is 5.86. The van der Waals surface area contributed by atoms with Crippen LogP contribution in [0.15, 0.2) is 16.9 Å². The van der Waals surface area contributed by atoms with Crippen LogP contribution >= 0.6 is 0 Å². The van der Waals surface area contributed by atoms with Gasteiger partial charge in [-0.05, 0) is 12.1 Å². The molecule has 0 saturated heterocycles. The minimum atomic E-state index is -0.733. The topological polar surface area (TPSA) is 32.9 Å². The Morgan fingerprint density at radius 2 is 1.92 bits per heavy atom. The molecule has 0 fully saturated rings. The van der Waals surface area contributed by atoms with Gasteiger partial charge in [0.2, 0.25) is 0 Å². The number of H-pyrrole nitrogens is 1. The summed E-state index contributed by atoms with van der Waals surface area (Å²) in [5.74, 6) is -0.733. The van der Waals surface area contributed by atoms with Crippen LogP contribution in [0.1, 0.15) is 26.5 Å². The number of halogens is 1. The van der Waals surface area contributed by atoms with Crippen molar-refractivity contribution in [1.82, 2.24) is 4.98 Å². The molecule has 1 N–H and O–H groups in total. The predicted octanol–water partition coefficient (Wildman–Crippen LogP) is 1.81. The summed E-state index contributed by atoms with van der Waals surface area (Å²) in [4.78, 5) is 13.3. The summed E-state index contributed by atoms with van der Waals surface area (Å²) in [7, 11) is 0. The second-order valence-electron chi connectivity index (χ2n) is 3.80. The van der Waals surface area contributed by atoms with Gasteiger partial charge in [0.05, 0.1) is 0 Å². The lowest BCUT2D eigenvalue weighted by molar-refractivity contribution is 0.551. The molecule has 0 radical (unpaired) electrons. The third-order valence-corrected chi connectivity index (χ3v) is 1.67. The maximum Gasteiger partial charge on any atom is 0.284 e. The average molecular weight is 169 g/mol. The molecule has 0 saturated carbocycles. The van der Waals surface area contributed by atoms with Crippen molar-refractivity contribution in [3.63, 3.8) is 0 Å². The first-order valence-electron chi connectivity index (χ1n) is 3.80.